The number of nitrogens with zero attached hydrogens (tertiary/aromatic N) is 4. The lowest BCUT2D eigenvalue weighted by Gasteiger charge is -2.22. The van der Waals surface area contributed by atoms with Crippen molar-refractivity contribution in [3.05, 3.63) is 58.4 Å². The Balaban J connectivity index is 1.42. The number of ether oxygens (including phenoxy) is 2. The van der Waals surface area contributed by atoms with E-state index in [2.05, 4.69) is 20.3 Å². The van der Waals surface area contributed by atoms with Crippen LogP contribution in [0.2, 0.25) is 0 Å². The van der Waals surface area contributed by atoms with Crippen LogP contribution in [0, 0.1) is 0 Å². The van der Waals surface area contributed by atoms with Crippen LogP contribution in [-0.4, -0.2) is 44.3 Å². The van der Waals surface area contributed by atoms with Crippen LogP contribution < -0.4 is 10.3 Å². The highest BCUT2D eigenvalue weighted by Crippen LogP contribution is 2.20. The van der Waals surface area contributed by atoms with Gasteiger partial charge in [-0.2, -0.15) is 4.98 Å². The normalized spacial score (nSPS) is 15.3. The van der Waals surface area contributed by atoms with Gasteiger partial charge in [0, 0.05) is 30.5 Å². The first-order chi connectivity index (χ1) is 13.7. The van der Waals surface area contributed by atoms with E-state index in [1.54, 1.807) is 4.68 Å². The van der Waals surface area contributed by atoms with Gasteiger partial charge in [-0.05, 0) is 35.2 Å². The third kappa shape index (κ3) is 3.34. The molecule has 0 unspecified atom stereocenters. The molecular weight excluding hydrogens is 358 g/mol. The van der Waals surface area contributed by atoms with Crippen molar-refractivity contribution in [2.45, 2.75) is 25.5 Å². The molecule has 0 aliphatic carbocycles. The molecule has 3 aromatic heterocycles. The van der Waals surface area contributed by atoms with Crippen molar-refractivity contribution >= 4 is 22.1 Å². The van der Waals surface area contributed by atoms with Crippen molar-refractivity contribution in [1.82, 2.24) is 25.0 Å². The Bertz CT molecular complexity index is 1190. The Hall–Kier alpha value is -3.26. The molecule has 8 nitrogen and oxygen atoms in total. The molecule has 28 heavy (non-hydrogen) atoms. The van der Waals surface area contributed by atoms with Gasteiger partial charge in [0.05, 0.1) is 19.8 Å². The average molecular weight is 377 g/mol. The van der Waals surface area contributed by atoms with Gasteiger partial charge in [0.15, 0.2) is 5.65 Å². The van der Waals surface area contributed by atoms with Crippen LogP contribution in [0.3, 0.4) is 0 Å². The van der Waals surface area contributed by atoms with Crippen LogP contribution in [0.5, 0.6) is 5.88 Å². The molecule has 142 valence electrons. The largest absolute Gasteiger partial charge is 0.474 e. The second-order valence-electron chi connectivity index (χ2n) is 6.91. The summed E-state index contributed by atoms with van der Waals surface area (Å²) in [6, 6.07) is 13.0. The zero-order chi connectivity index (χ0) is 18.9. The number of aromatic nitrogens is 5. The molecule has 0 radical (unpaired) electrons. The summed E-state index contributed by atoms with van der Waals surface area (Å²) in [6.07, 6.45) is 1.87. The number of H-pyrrole nitrogens is 1. The van der Waals surface area contributed by atoms with Gasteiger partial charge < -0.3 is 14.5 Å². The predicted molar refractivity (Wildman–Crippen MR) is 103 cm³/mol. The molecule has 0 atom stereocenters. The van der Waals surface area contributed by atoms with Crippen molar-refractivity contribution in [3.8, 4) is 5.88 Å². The zero-order valence-electron chi connectivity index (χ0n) is 15.2. The van der Waals surface area contributed by atoms with Gasteiger partial charge in [-0.25, -0.2) is 4.68 Å². The number of benzene rings is 1. The number of aromatic amines is 1. The second kappa shape index (κ2) is 7.05. The first kappa shape index (κ1) is 16.9. The quantitative estimate of drug-likeness (QED) is 0.586. The lowest BCUT2D eigenvalue weighted by atomic mass is 10.1. The number of rotatable bonds is 4. The molecule has 1 N–H and O–H groups in total. The van der Waals surface area contributed by atoms with E-state index in [0.717, 1.165) is 48.0 Å². The predicted octanol–water partition coefficient (Wildman–Crippen LogP) is 2.27. The number of hydrogen-bond donors (Lipinski definition) is 1. The molecule has 1 aliphatic rings. The van der Waals surface area contributed by atoms with Crippen molar-refractivity contribution in [2.75, 3.05) is 13.2 Å². The maximum atomic E-state index is 11.4. The smallest absolute Gasteiger partial charge is 0.248 e. The van der Waals surface area contributed by atoms with Crippen LogP contribution >= 0.6 is 0 Å². The van der Waals surface area contributed by atoms with Crippen LogP contribution in [0.4, 0.5) is 0 Å². The lowest BCUT2D eigenvalue weighted by Crippen LogP contribution is -2.26. The minimum Gasteiger partial charge on any atom is -0.474 e. The molecule has 4 heterocycles. The third-order valence-corrected chi connectivity index (χ3v) is 4.91. The van der Waals surface area contributed by atoms with Gasteiger partial charge >= 0.3 is 0 Å². The van der Waals surface area contributed by atoms with E-state index in [1.807, 2.05) is 36.4 Å². The van der Waals surface area contributed by atoms with Crippen molar-refractivity contribution in [3.63, 3.8) is 0 Å². The summed E-state index contributed by atoms with van der Waals surface area (Å²) in [5.74, 6) is 0.582. The van der Waals surface area contributed by atoms with Crippen LogP contribution in [0.25, 0.3) is 22.1 Å². The summed E-state index contributed by atoms with van der Waals surface area (Å²) in [5, 5.41) is 9.42. The summed E-state index contributed by atoms with van der Waals surface area (Å²) in [7, 11) is 0. The Labute approximate surface area is 160 Å². The van der Waals surface area contributed by atoms with E-state index in [9.17, 15) is 4.79 Å². The standard InChI is InChI=1S/C20H19N5O3/c26-18-5-2-14-11-13(1-3-16(14)21-18)12-25-20-17(23-24-25)4-6-19(22-20)28-15-7-9-27-10-8-15/h1-6,11,15H,7-10,12H2,(H,21,26). The van der Waals surface area contributed by atoms with E-state index >= 15 is 0 Å². The highest BCUT2D eigenvalue weighted by molar-refractivity contribution is 5.79. The number of fused-ring (bicyclic) bond motifs is 2. The Kier molecular flexibility index (Phi) is 4.25. The van der Waals surface area contributed by atoms with Gasteiger partial charge in [0.2, 0.25) is 11.4 Å². The summed E-state index contributed by atoms with van der Waals surface area (Å²) in [6.45, 7) is 1.97. The maximum Gasteiger partial charge on any atom is 0.248 e. The molecule has 0 amide bonds. The van der Waals surface area contributed by atoms with E-state index in [1.165, 1.54) is 6.07 Å². The van der Waals surface area contributed by atoms with Crippen LogP contribution in [-0.2, 0) is 11.3 Å². The van der Waals surface area contributed by atoms with Crippen molar-refractivity contribution in [1.29, 1.82) is 0 Å². The molecular formula is C20H19N5O3. The fourth-order valence-electron chi connectivity index (χ4n) is 3.45. The van der Waals surface area contributed by atoms with Gasteiger partial charge in [-0.15, -0.1) is 5.10 Å². The van der Waals surface area contributed by atoms with Gasteiger partial charge in [0.25, 0.3) is 0 Å². The Morgan fingerprint density at radius 3 is 2.93 bits per heavy atom. The molecule has 4 aromatic rings. The molecule has 8 heteroatoms. The van der Waals surface area contributed by atoms with Crippen LogP contribution in [0.15, 0.2) is 47.3 Å². The SMILES string of the molecule is O=c1ccc2cc(Cn3nnc4ccc(OC5CCOCC5)nc43)ccc2[nH]1. The maximum absolute atomic E-state index is 11.4. The average Bonchev–Trinajstić information content (AvgIpc) is 3.11. The number of pyridine rings is 2. The summed E-state index contributed by atoms with van der Waals surface area (Å²) >= 11 is 0. The van der Waals surface area contributed by atoms with E-state index in [-0.39, 0.29) is 11.7 Å². The number of hydrogen-bond acceptors (Lipinski definition) is 6. The van der Waals surface area contributed by atoms with Gasteiger partial charge in [-0.3, -0.25) is 4.79 Å². The summed E-state index contributed by atoms with van der Waals surface area (Å²) in [5.41, 5.74) is 3.16. The Morgan fingerprint density at radius 1 is 1.14 bits per heavy atom. The molecule has 0 spiro atoms. The lowest BCUT2D eigenvalue weighted by molar-refractivity contribution is 0.0238. The summed E-state index contributed by atoms with van der Waals surface area (Å²) in [4.78, 5) is 18.9. The molecule has 1 aromatic carbocycles. The first-order valence-corrected chi connectivity index (χ1v) is 9.31. The molecule has 1 saturated heterocycles. The fraction of sp³-hybridized carbons (Fsp3) is 0.300. The van der Waals surface area contributed by atoms with E-state index in [0.29, 0.717) is 18.1 Å². The van der Waals surface area contributed by atoms with E-state index in [4.69, 9.17) is 9.47 Å². The molecule has 0 saturated carbocycles. The van der Waals surface area contributed by atoms with E-state index < -0.39 is 0 Å². The third-order valence-electron chi connectivity index (χ3n) is 4.91. The monoisotopic (exact) mass is 377 g/mol. The molecule has 1 aliphatic heterocycles. The highest BCUT2D eigenvalue weighted by Gasteiger charge is 2.17. The summed E-state index contributed by atoms with van der Waals surface area (Å²) < 4.78 is 13.1. The fourth-order valence-corrected chi connectivity index (χ4v) is 3.45. The molecule has 1 fully saturated rings. The second-order valence-corrected chi connectivity index (χ2v) is 6.91. The minimum absolute atomic E-state index is 0.108. The Morgan fingerprint density at radius 2 is 2.04 bits per heavy atom. The number of nitrogens with one attached hydrogen (secondary N) is 1. The minimum atomic E-state index is -0.108. The van der Waals surface area contributed by atoms with Crippen LogP contribution in [0.1, 0.15) is 18.4 Å². The van der Waals surface area contributed by atoms with Gasteiger partial charge in [-0.1, -0.05) is 11.3 Å². The topological polar surface area (TPSA) is 94.9 Å². The van der Waals surface area contributed by atoms with Crippen molar-refractivity contribution in [2.24, 2.45) is 0 Å². The van der Waals surface area contributed by atoms with Crippen molar-refractivity contribution < 1.29 is 9.47 Å². The highest BCUT2D eigenvalue weighted by atomic mass is 16.5. The zero-order valence-corrected chi connectivity index (χ0v) is 15.2. The molecule has 0 bridgehead atoms. The first-order valence-electron chi connectivity index (χ1n) is 9.31. The van der Waals surface area contributed by atoms with Gasteiger partial charge in [0.1, 0.15) is 11.6 Å². The molecule has 5 rings (SSSR count).